The van der Waals surface area contributed by atoms with Crippen LogP contribution in [-0.2, 0) is 0 Å². The molecule has 0 bridgehead atoms. The maximum absolute atomic E-state index is 6.02. The summed E-state index contributed by atoms with van der Waals surface area (Å²) >= 11 is 3.42. The minimum absolute atomic E-state index is 0.105. The van der Waals surface area contributed by atoms with E-state index in [4.69, 9.17) is 17.2 Å². The molecule has 0 spiro atoms. The van der Waals surface area contributed by atoms with Gasteiger partial charge < -0.3 is 17.2 Å². The minimum atomic E-state index is -0.105. The van der Waals surface area contributed by atoms with Gasteiger partial charge in [-0.3, -0.25) is 0 Å². The van der Waals surface area contributed by atoms with Crippen LogP contribution in [0.1, 0.15) is 11.1 Å². The molecule has 0 saturated heterocycles. The number of anilines is 1. The first-order valence-electron chi connectivity index (χ1n) is 5.85. The van der Waals surface area contributed by atoms with Gasteiger partial charge in [-0.15, -0.1) is 10.2 Å². The third-order valence-electron chi connectivity index (χ3n) is 2.58. The monoisotopic (exact) mass is 331 g/mol. The van der Waals surface area contributed by atoms with E-state index in [2.05, 4.69) is 26.1 Å². The molecule has 2 aromatic rings. The van der Waals surface area contributed by atoms with E-state index >= 15 is 0 Å². The third-order valence-corrected chi connectivity index (χ3v) is 3.08. The highest BCUT2D eigenvalue weighted by Crippen LogP contribution is 2.22. The Bertz CT molecular complexity index is 661. The molecule has 0 amide bonds. The zero-order valence-electron chi connectivity index (χ0n) is 10.6. The Morgan fingerprint density at radius 2 is 1.65 bits per heavy atom. The Kier molecular flexibility index (Phi) is 4.37. The summed E-state index contributed by atoms with van der Waals surface area (Å²) in [5.74, 6) is -0.105. The molecule has 0 aliphatic carbocycles. The van der Waals surface area contributed by atoms with Crippen LogP contribution in [0, 0.1) is 0 Å². The normalized spacial score (nSPS) is 11.2. The standard InChI is InChI=1S/C14H14BrN5/c15-10-6-7-12(16)11(8-10)13(19-20-14(17)18)9-4-2-1-3-5-9/h1-8H,16H2,(H4,17,18,20)/b19-13-. The van der Waals surface area contributed by atoms with Gasteiger partial charge >= 0.3 is 0 Å². The van der Waals surface area contributed by atoms with Crippen LogP contribution in [0.3, 0.4) is 0 Å². The second-order valence-electron chi connectivity index (χ2n) is 4.07. The molecule has 0 aliphatic rings. The largest absolute Gasteiger partial charge is 0.398 e. The molecule has 0 heterocycles. The number of nitrogen functional groups attached to an aromatic ring is 1. The van der Waals surface area contributed by atoms with Gasteiger partial charge in [0.05, 0.1) is 0 Å². The average Bonchev–Trinajstić information content (AvgIpc) is 2.43. The topological polar surface area (TPSA) is 103 Å². The van der Waals surface area contributed by atoms with Crippen LogP contribution in [-0.4, -0.2) is 11.7 Å². The first-order chi connectivity index (χ1) is 9.58. The fourth-order valence-corrected chi connectivity index (χ4v) is 2.07. The number of guanidine groups is 1. The van der Waals surface area contributed by atoms with E-state index in [-0.39, 0.29) is 5.96 Å². The lowest BCUT2D eigenvalue weighted by Crippen LogP contribution is -2.22. The molecule has 6 N–H and O–H groups in total. The highest BCUT2D eigenvalue weighted by molar-refractivity contribution is 9.10. The average molecular weight is 332 g/mol. The number of rotatable bonds is 3. The lowest BCUT2D eigenvalue weighted by atomic mass is 10.0. The van der Waals surface area contributed by atoms with Crippen LogP contribution in [0.4, 0.5) is 5.69 Å². The molecular weight excluding hydrogens is 318 g/mol. The Labute approximate surface area is 125 Å². The van der Waals surface area contributed by atoms with Crippen LogP contribution in [0.15, 0.2) is 63.2 Å². The maximum atomic E-state index is 6.02. The van der Waals surface area contributed by atoms with Crippen molar-refractivity contribution in [3.05, 3.63) is 64.1 Å². The van der Waals surface area contributed by atoms with Crippen LogP contribution in [0.2, 0.25) is 0 Å². The SMILES string of the molecule is NC(N)=N/N=C(/c1ccccc1)c1cc(Br)ccc1N. The second-order valence-corrected chi connectivity index (χ2v) is 4.99. The molecule has 0 aromatic heterocycles. The second kappa shape index (κ2) is 6.21. The fourth-order valence-electron chi connectivity index (χ4n) is 1.70. The van der Waals surface area contributed by atoms with Crippen LogP contribution in [0.5, 0.6) is 0 Å². The van der Waals surface area contributed by atoms with Crippen molar-refractivity contribution in [2.45, 2.75) is 0 Å². The summed E-state index contributed by atoms with van der Waals surface area (Å²) in [6.45, 7) is 0. The van der Waals surface area contributed by atoms with Crippen molar-refractivity contribution in [2.24, 2.45) is 21.7 Å². The van der Waals surface area contributed by atoms with E-state index < -0.39 is 0 Å². The summed E-state index contributed by atoms with van der Waals surface area (Å²) in [5.41, 5.74) is 19.6. The summed E-state index contributed by atoms with van der Waals surface area (Å²) in [6.07, 6.45) is 0. The van der Waals surface area contributed by atoms with Crippen molar-refractivity contribution < 1.29 is 0 Å². The highest BCUT2D eigenvalue weighted by Gasteiger charge is 2.11. The maximum Gasteiger partial charge on any atom is 0.211 e. The van der Waals surface area contributed by atoms with E-state index in [1.165, 1.54) is 0 Å². The van der Waals surface area contributed by atoms with E-state index in [1.54, 1.807) is 6.07 Å². The van der Waals surface area contributed by atoms with Gasteiger partial charge in [-0.25, -0.2) is 0 Å². The molecule has 0 aliphatic heterocycles. The number of nitrogens with two attached hydrogens (primary N) is 3. The van der Waals surface area contributed by atoms with E-state index in [9.17, 15) is 0 Å². The van der Waals surface area contributed by atoms with Gasteiger partial charge in [0.1, 0.15) is 5.71 Å². The predicted octanol–water partition coefficient (Wildman–Crippen LogP) is 2.06. The van der Waals surface area contributed by atoms with Crippen LogP contribution < -0.4 is 17.2 Å². The number of hydrogen-bond acceptors (Lipinski definition) is 3. The van der Waals surface area contributed by atoms with Gasteiger partial charge in [0.25, 0.3) is 0 Å². The first-order valence-corrected chi connectivity index (χ1v) is 6.64. The predicted molar refractivity (Wildman–Crippen MR) is 86.4 cm³/mol. The van der Waals surface area contributed by atoms with Crippen molar-refractivity contribution in [2.75, 3.05) is 5.73 Å². The van der Waals surface area contributed by atoms with E-state index in [1.807, 2.05) is 42.5 Å². The minimum Gasteiger partial charge on any atom is -0.398 e. The molecule has 0 unspecified atom stereocenters. The van der Waals surface area contributed by atoms with Crippen LogP contribution in [0.25, 0.3) is 0 Å². The summed E-state index contributed by atoms with van der Waals surface area (Å²) in [7, 11) is 0. The number of nitrogens with zero attached hydrogens (tertiary/aromatic N) is 2. The molecular formula is C14H14BrN5. The summed E-state index contributed by atoms with van der Waals surface area (Å²) < 4.78 is 0.898. The lowest BCUT2D eigenvalue weighted by molar-refractivity contribution is 1.20. The molecule has 6 heteroatoms. The van der Waals surface area contributed by atoms with Crippen molar-refractivity contribution in [1.29, 1.82) is 0 Å². The molecule has 0 fully saturated rings. The Hall–Kier alpha value is -2.34. The molecule has 5 nitrogen and oxygen atoms in total. The van der Waals surface area contributed by atoms with Crippen molar-refractivity contribution >= 4 is 33.3 Å². The van der Waals surface area contributed by atoms with E-state index in [0.717, 1.165) is 15.6 Å². The lowest BCUT2D eigenvalue weighted by Gasteiger charge is -2.09. The van der Waals surface area contributed by atoms with Gasteiger partial charge in [0.15, 0.2) is 0 Å². The summed E-state index contributed by atoms with van der Waals surface area (Å²) in [5, 5.41) is 7.86. The van der Waals surface area contributed by atoms with Gasteiger partial charge in [0, 0.05) is 21.3 Å². The first kappa shape index (κ1) is 14.1. The molecule has 2 rings (SSSR count). The Morgan fingerprint density at radius 1 is 0.950 bits per heavy atom. The van der Waals surface area contributed by atoms with Gasteiger partial charge in [0.2, 0.25) is 5.96 Å². The Balaban J connectivity index is 2.61. The summed E-state index contributed by atoms with van der Waals surface area (Å²) in [4.78, 5) is 0. The van der Waals surface area contributed by atoms with Gasteiger partial charge in [-0.2, -0.15) is 0 Å². The van der Waals surface area contributed by atoms with Gasteiger partial charge in [-0.05, 0) is 18.2 Å². The van der Waals surface area contributed by atoms with Crippen molar-refractivity contribution in [3.8, 4) is 0 Å². The molecule has 0 radical (unpaired) electrons. The molecule has 20 heavy (non-hydrogen) atoms. The third kappa shape index (κ3) is 3.36. The Morgan fingerprint density at radius 3 is 2.30 bits per heavy atom. The van der Waals surface area contributed by atoms with Gasteiger partial charge in [-0.1, -0.05) is 46.3 Å². The quantitative estimate of drug-likeness (QED) is 0.347. The molecule has 102 valence electrons. The van der Waals surface area contributed by atoms with E-state index in [0.29, 0.717) is 11.4 Å². The number of benzene rings is 2. The molecule has 0 atom stereocenters. The van der Waals surface area contributed by atoms with Crippen molar-refractivity contribution in [1.82, 2.24) is 0 Å². The molecule has 0 saturated carbocycles. The zero-order valence-corrected chi connectivity index (χ0v) is 12.2. The van der Waals surface area contributed by atoms with Crippen LogP contribution >= 0.6 is 15.9 Å². The smallest absolute Gasteiger partial charge is 0.211 e. The highest BCUT2D eigenvalue weighted by atomic mass is 79.9. The molecule has 2 aromatic carbocycles. The zero-order chi connectivity index (χ0) is 14.5. The number of halogens is 1. The number of hydrogen-bond donors (Lipinski definition) is 3. The van der Waals surface area contributed by atoms with Crippen molar-refractivity contribution in [3.63, 3.8) is 0 Å². The fraction of sp³-hybridized carbons (Fsp3) is 0. The summed E-state index contributed by atoms with van der Waals surface area (Å²) in [6, 6.07) is 15.1.